The maximum absolute atomic E-state index is 13.0. The molecule has 0 unspecified atom stereocenters. The lowest BCUT2D eigenvalue weighted by Crippen LogP contribution is -2.49. The van der Waals surface area contributed by atoms with Crippen LogP contribution >= 0.6 is 11.3 Å². The number of carbonyl (C=O) groups is 3. The Hall–Kier alpha value is -1.89. The van der Waals surface area contributed by atoms with Crippen molar-refractivity contribution in [2.75, 3.05) is 5.32 Å². The minimum absolute atomic E-state index is 0.0854. The molecule has 1 aromatic heterocycles. The number of carboxylic acids is 1. The van der Waals surface area contributed by atoms with Crippen LogP contribution in [0.3, 0.4) is 0 Å². The molecule has 4 N–H and O–H groups in total. The predicted molar refractivity (Wildman–Crippen MR) is 93.6 cm³/mol. The molecule has 3 saturated carbocycles. The van der Waals surface area contributed by atoms with E-state index in [1.165, 1.54) is 11.3 Å². The molecule has 1 heterocycles. The largest absolute Gasteiger partial charge is 0.481 e. The zero-order valence-corrected chi connectivity index (χ0v) is 14.7. The molecule has 0 saturated heterocycles. The van der Waals surface area contributed by atoms with Crippen LogP contribution in [0.1, 0.15) is 52.9 Å². The van der Waals surface area contributed by atoms with Gasteiger partial charge in [-0.25, -0.2) is 0 Å². The molecule has 2 bridgehead atoms. The highest BCUT2D eigenvalue weighted by atomic mass is 32.1. The molecule has 2 amide bonds. The molecule has 134 valence electrons. The summed E-state index contributed by atoms with van der Waals surface area (Å²) in [6.07, 6.45) is 6.33. The fourth-order valence-corrected chi connectivity index (χ4v) is 6.43. The van der Waals surface area contributed by atoms with Crippen molar-refractivity contribution in [3.63, 3.8) is 0 Å². The van der Waals surface area contributed by atoms with E-state index >= 15 is 0 Å². The topological polar surface area (TPSA) is 109 Å². The van der Waals surface area contributed by atoms with Crippen LogP contribution in [0, 0.1) is 23.7 Å². The monoisotopic (exact) mass is 362 g/mol. The van der Waals surface area contributed by atoms with Crippen LogP contribution in [-0.2, 0) is 22.4 Å². The van der Waals surface area contributed by atoms with Gasteiger partial charge in [-0.1, -0.05) is 0 Å². The van der Waals surface area contributed by atoms with Crippen LogP contribution in [0.4, 0.5) is 5.00 Å². The molecule has 3 fully saturated rings. The van der Waals surface area contributed by atoms with Crippen molar-refractivity contribution in [2.45, 2.75) is 44.9 Å². The van der Waals surface area contributed by atoms with Crippen molar-refractivity contribution in [1.82, 2.24) is 0 Å². The zero-order chi connectivity index (χ0) is 17.7. The summed E-state index contributed by atoms with van der Waals surface area (Å²) in [4.78, 5) is 37.7. The number of carboxylic acid groups (broad SMARTS) is 1. The number of aliphatic carboxylic acids is 1. The van der Waals surface area contributed by atoms with Gasteiger partial charge in [0, 0.05) is 4.88 Å². The van der Waals surface area contributed by atoms with Crippen LogP contribution in [-0.4, -0.2) is 22.9 Å². The Morgan fingerprint density at radius 2 is 1.68 bits per heavy atom. The predicted octanol–water partition coefficient (Wildman–Crippen LogP) is 2.41. The van der Waals surface area contributed by atoms with E-state index in [1.807, 2.05) is 0 Å². The zero-order valence-electron chi connectivity index (χ0n) is 13.9. The smallest absolute Gasteiger partial charge is 0.307 e. The fourth-order valence-electron chi connectivity index (χ4n) is 5.13. The molecule has 25 heavy (non-hydrogen) atoms. The number of aryl methyl sites for hydroxylation is 1. The van der Waals surface area contributed by atoms with Gasteiger partial charge in [-0.3, -0.25) is 14.4 Å². The Morgan fingerprint density at radius 3 is 2.28 bits per heavy atom. The molecule has 4 aliphatic rings. The Balaban J connectivity index is 1.62. The van der Waals surface area contributed by atoms with Gasteiger partial charge in [-0.2, -0.15) is 0 Å². The molecule has 0 spiro atoms. The van der Waals surface area contributed by atoms with Crippen molar-refractivity contribution < 1.29 is 19.5 Å². The number of carbonyl (C=O) groups excluding carboxylic acids is 2. The Kier molecular flexibility index (Phi) is 4.06. The number of amides is 2. The van der Waals surface area contributed by atoms with Gasteiger partial charge in [-0.15, -0.1) is 11.3 Å². The average molecular weight is 362 g/mol. The Bertz CT molecular complexity index is 749. The van der Waals surface area contributed by atoms with Crippen LogP contribution in [0.15, 0.2) is 0 Å². The highest BCUT2D eigenvalue weighted by Crippen LogP contribution is 2.49. The summed E-state index contributed by atoms with van der Waals surface area (Å²) in [5.41, 5.74) is 6.94. The molecule has 7 heteroatoms. The number of primary amides is 1. The van der Waals surface area contributed by atoms with Gasteiger partial charge < -0.3 is 16.2 Å². The van der Waals surface area contributed by atoms with E-state index in [0.29, 0.717) is 10.6 Å². The molecule has 2 atom stereocenters. The van der Waals surface area contributed by atoms with Crippen molar-refractivity contribution >= 4 is 34.1 Å². The van der Waals surface area contributed by atoms with Gasteiger partial charge in [0.15, 0.2) is 0 Å². The third-order valence-corrected chi connectivity index (χ3v) is 7.42. The number of rotatable bonds is 4. The first kappa shape index (κ1) is 16.6. The normalized spacial score (nSPS) is 30.1. The number of nitrogens with two attached hydrogens (primary N) is 1. The Labute approximate surface area is 149 Å². The van der Waals surface area contributed by atoms with Crippen LogP contribution in [0.2, 0.25) is 0 Å². The van der Waals surface area contributed by atoms with Crippen LogP contribution in [0.5, 0.6) is 0 Å². The van der Waals surface area contributed by atoms with Crippen molar-refractivity contribution in [3.8, 4) is 0 Å². The van der Waals surface area contributed by atoms with Crippen molar-refractivity contribution in [2.24, 2.45) is 29.4 Å². The van der Waals surface area contributed by atoms with Gasteiger partial charge >= 0.3 is 5.97 Å². The highest BCUT2D eigenvalue weighted by Gasteiger charge is 2.50. The first-order valence-electron chi connectivity index (χ1n) is 8.95. The molecule has 1 aromatic rings. The van der Waals surface area contributed by atoms with E-state index in [1.54, 1.807) is 0 Å². The van der Waals surface area contributed by atoms with Crippen molar-refractivity contribution in [1.29, 1.82) is 0 Å². The molecule has 4 aliphatic carbocycles. The quantitative estimate of drug-likeness (QED) is 0.764. The molecule has 6 nitrogen and oxygen atoms in total. The van der Waals surface area contributed by atoms with E-state index in [0.717, 1.165) is 55.4 Å². The maximum atomic E-state index is 13.0. The summed E-state index contributed by atoms with van der Waals surface area (Å²) >= 11 is 1.42. The number of nitrogens with one attached hydrogen (secondary N) is 1. The SMILES string of the molecule is NC(=O)c1c(NC(=O)[C@H]2C3CCC(CC3)[C@H]2C(=O)O)sc2c1CCC2. The second kappa shape index (κ2) is 6.12. The number of hydrogen-bond donors (Lipinski definition) is 3. The summed E-state index contributed by atoms with van der Waals surface area (Å²) in [7, 11) is 0. The second-order valence-corrected chi connectivity index (χ2v) is 8.58. The van der Waals surface area contributed by atoms with E-state index < -0.39 is 23.7 Å². The van der Waals surface area contributed by atoms with Gasteiger partial charge in [-0.05, 0) is 62.3 Å². The first-order chi connectivity index (χ1) is 12.0. The molecule has 0 aromatic carbocycles. The van der Waals surface area contributed by atoms with E-state index in [4.69, 9.17) is 5.73 Å². The lowest BCUT2D eigenvalue weighted by Gasteiger charge is -2.45. The van der Waals surface area contributed by atoms with E-state index in [9.17, 15) is 19.5 Å². The number of anilines is 1. The van der Waals surface area contributed by atoms with Gasteiger partial charge in [0.2, 0.25) is 5.91 Å². The highest BCUT2D eigenvalue weighted by molar-refractivity contribution is 7.17. The summed E-state index contributed by atoms with van der Waals surface area (Å²) in [5.74, 6) is -2.58. The number of hydrogen-bond acceptors (Lipinski definition) is 4. The molecular formula is C18H22N2O4S. The van der Waals surface area contributed by atoms with Crippen LogP contribution < -0.4 is 11.1 Å². The number of thiophene rings is 1. The third kappa shape index (κ3) is 2.65. The minimum atomic E-state index is -0.877. The standard InChI is InChI=1S/C18H22N2O4S/c19-15(21)14-10-2-1-3-11(10)25-17(14)20-16(22)12-8-4-6-9(7-5-8)13(12)18(23)24/h8-9,12-13H,1-7H2,(H2,19,21)(H,20,22)(H,23,24)/t8?,9?,12-,13+/m0/s1. The van der Waals surface area contributed by atoms with Gasteiger partial charge in [0.05, 0.1) is 17.4 Å². The average Bonchev–Trinajstić information content (AvgIpc) is 3.14. The van der Waals surface area contributed by atoms with Gasteiger partial charge in [0.25, 0.3) is 5.91 Å². The maximum Gasteiger partial charge on any atom is 0.307 e. The summed E-state index contributed by atoms with van der Waals surface area (Å²) in [5, 5.41) is 13.0. The van der Waals surface area contributed by atoms with Gasteiger partial charge in [0.1, 0.15) is 5.00 Å². The molecule has 5 rings (SSSR count). The fraction of sp³-hybridized carbons (Fsp3) is 0.611. The molecular weight excluding hydrogens is 340 g/mol. The first-order valence-corrected chi connectivity index (χ1v) is 9.77. The lowest BCUT2D eigenvalue weighted by atomic mass is 9.58. The summed E-state index contributed by atoms with van der Waals surface area (Å²) in [6, 6.07) is 0. The minimum Gasteiger partial charge on any atom is -0.481 e. The van der Waals surface area contributed by atoms with Crippen LogP contribution in [0.25, 0.3) is 0 Å². The van der Waals surface area contributed by atoms with E-state index in [2.05, 4.69) is 5.32 Å². The molecule has 0 radical (unpaired) electrons. The van der Waals surface area contributed by atoms with Crippen molar-refractivity contribution in [3.05, 3.63) is 16.0 Å². The Morgan fingerprint density at radius 1 is 1.04 bits per heavy atom. The van der Waals surface area contributed by atoms with E-state index in [-0.39, 0.29) is 17.7 Å². The third-order valence-electron chi connectivity index (χ3n) is 6.21. The summed E-state index contributed by atoms with van der Waals surface area (Å²) < 4.78 is 0. The summed E-state index contributed by atoms with van der Waals surface area (Å²) in [6.45, 7) is 0. The number of fused-ring (bicyclic) bond motifs is 4. The second-order valence-electron chi connectivity index (χ2n) is 7.48. The lowest BCUT2D eigenvalue weighted by molar-refractivity contribution is -0.156. The molecule has 0 aliphatic heterocycles.